The van der Waals surface area contributed by atoms with Crippen molar-refractivity contribution in [3.8, 4) is 0 Å². The molecule has 3 rings (SSSR count). The van der Waals surface area contributed by atoms with E-state index in [2.05, 4.69) is 29.1 Å². The third-order valence-electron chi connectivity index (χ3n) is 4.01. The zero-order valence-corrected chi connectivity index (χ0v) is 11.6. The highest BCUT2D eigenvalue weighted by molar-refractivity contribution is 5.73. The van der Waals surface area contributed by atoms with Gasteiger partial charge in [-0.3, -0.25) is 0 Å². The van der Waals surface area contributed by atoms with E-state index in [9.17, 15) is 0 Å². The van der Waals surface area contributed by atoms with Crippen molar-refractivity contribution in [3.05, 3.63) is 29.7 Å². The fraction of sp³-hybridized carbons (Fsp3) is 0.533. The van der Waals surface area contributed by atoms with Crippen molar-refractivity contribution in [2.24, 2.45) is 11.1 Å². The van der Waals surface area contributed by atoms with E-state index in [4.69, 9.17) is 10.2 Å². The van der Waals surface area contributed by atoms with E-state index >= 15 is 0 Å². The molecule has 0 unspecified atom stereocenters. The van der Waals surface area contributed by atoms with Crippen LogP contribution < -0.4 is 5.73 Å². The number of hydrogen-bond acceptors (Lipinski definition) is 4. The molecule has 102 valence electrons. The van der Waals surface area contributed by atoms with Gasteiger partial charge in [0.15, 0.2) is 11.5 Å². The lowest BCUT2D eigenvalue weighted by atomic mass is 10.1. The molecule has 0 bridgehead atoms. The zero-order chi connectivity index (χ0) is 13.5. The van der Waals surface area contributed by atoms with Crippen LogP contribution in [0.25, 0.3) is 11.1 Å². The molecule has 2 N–H and O–H groups in total. The van der Waals surface area contributed by atoms with Gasteiger partial charge in [-0.05, 0) is 49.5 Å². The predicted octanol–water partition coefficient (Wildman–Crippen LogP) is 2.31. The summed E-state index contributed by atoms with van der Waals surface area (Å²) < 4.78 is 5.49. The molecule has 1 aromatic heterocycles. The van der Waals surface area contributed by atoms with Crippen LogP contribution in [0.1, 0.15) is 24.3 Å². The molecule has 0 amide bonds. The standard InChI is InChI=1S/C15H21N3O/c1-11-17-13-7-12(3-4-14(13)19-11)8-18(2)10-15(9-16)5-6-15/h3-4,7H,5-6,8-10,16H2,1-2H3. The second-order valence-electron chi connectivity index (χ2n) is 5.91. The van der Waals surface area contributed by atoms with Gasteiger partial charge in [0.2, 0.25) is 0 Å². The van der Waals surface area contributed by atoms with E-state index in [1.165, 1.54) is 18.4 Å². The average molecular weight is 259 g/mol. The lowest BCUT2D eigenvalue weighted by Crippen LogP contribution is -2.31. The van der Waals surface area contributed by atoms with Crippen LogP contribution in [0.2, 0.25) is 0 Å². The molecule has 4 heteroatoms. The Labute approximate surface area is 113 Å². The highest BCUT2D eigenvalue weighted by Gasteiger charge is 2.41. The first-order valence-corrected chi connectivity index (χ1v) is 6.85. The first-order valence-electron chi connectivity index (χ1n) is 6.85. The summed E-state index contributed by atoms with van der Waals surface area (Å²) in [5.74, 6) is 0.723. The maximum atomic E-state index is 5.84. The normalized spacial score (nSPS) is 17.3. The molecule has 0 spiro atoms. The molecule has 0 saturated heterocycles. The van der Waals surface area contributed by atoms with Gasteiger partial charge in [0.1, 0.15) is 5.52 Å². The second kappa shape index (κ2) is 4.62. The zero-order valence-electron chi connectivity index (χ0n) is 11.6. The quantitative estimate of drug-likeness (QED) is 0.895. The highest BCUT2D eigenvalue weighted by Crippen LogP contribution is 2.45. The number of rotatable bonds is 5. The van der Waals surface area contributed by atoms with Gasteiger partial charge in [-0.25, -0.2) is 4.98 Å². The van der Waals surface area contributed by atoms with Crippen LogP contribution in [0.3, 0.4) is 0 Å². The number of oxazole rings is 1. The van der Waals surface area contributed by atoms with E-state index in [-0.39, 0.29) is 0 Å². The molecule has 1 aliphatic rings. The van der Waals surface area contributed by atoms with Crippen molar-refractivity contribution in [3.63, 3.8) is 0 Å². The maximum absolute atomic E-state index is 5.84. The molecule has 1 saturated carbocycles. The highest BCUT2D eigenvalue weighted by atomic mass is 16.3. The van der Waals surface area contributed by atoms with Crippen molar-refractivity contribution < 1.29 is 4.42 Å². The van der Waals surface area contributed by atoms with Gasteiger partial charge in [-0.15, -0.1) is 0 Å². The van der Waals surface area contributed by atoms with Gasteiger partial charge >= 0.3 is 0 Å². The maximum Gasteiger partial charge on any atom is 0.192 e. The van der Waals surface area contributed by atoms with Crippen molar-refractivity contribution in [1.29, 1.82) is 0 Å². The Morgan fingerprint density at radius 2 is 2.21 bits per heavy atom. The molecule has 4 nitrogen and oxygen atoms in total. The van der Waals surface area contributed by atoms with Gasteiger partial charge < -0.3 is 15.1 Å². The van der Waals surface area contributed by atoms with Crippen LogP contribution in [0.4, 0.5) is 0 Å². The minimum atomic E-state index is 0.392. The number of hydrogen-bond donors (Lipinski definition) is 1. The van der Waals surface area contributed by atoms with Crippen molar-refractivity contribution in [2.45, 2.75) is 26.3 Å². The number of aryl methyl sites for hydroxylation is 1. The fourth-order valence-corrected chi connectivity index (χ4v) is 2.73. The van der Waals surface area contributed by atoms with Gasteiger partial charge in [0, 0.05) is 20.0 Å². The third kappa shape index (κ3) is 2.65. The lowest BCUT2D eigenvalue weighted by molar-refractivity contribution is 0.259. The number of nitrogens with zero attached hydrogens (tertiary/aromatic N) is 2. The van der Waals surface area contributed by atoms with Crippen LogP contribution in [-0.4, -0.2) is 30.0 Å². The Morgan fingerprint density at radius 3 is 2.89 bits per heavy atom. The minimum absolute atomic E-state index is 0.392. The molecule has 1 aliphatic carbocycles. The Kier molecular flexibility index (Phi) is 3.07. The fourth-order valence-electron chi connectivity index (χ4n) is 2.73. The molecule has 1 aromatic carbocycles. The molecule has 19 heavy (non-hydrogen) atoms. The molecule has 2 aromatic rings. The van der Waals surface area contributed by atoms with Gasteiger partial charge in [-0.1, -0.05) is 6.07 Å². The SMILES string of the molecule is Cc1nc2cc(CN(C)CC3(CN)CC3)ccc2o1. The van der Waals surface area contributed by atoms with E-state index in [0.717, 1.165) is 36.6 Å². The summed E-state index contributed by atoms with van der Waals surface area (Å²) in [6, 6.07) is 6.24. The van der Waals surface area contributed by atoms with Crippen LogP contribution in [0.15, 0.2) is 22.6 Å². The van der Waals surface area contributed by atoms with Crippen molar-refractivity contribution >= 4 is 11.1 Å². The third-order valence-corrected chi connectivity index (χ3v) is 4.01. The number of benzene rings is 1. The van der Waals surface area contributed by atoms with Crippen LogP contribution >= 0.6 is 0 Å². The van der Waals surface area contributed by atoms with Crippen LogP contribution in [-0.2, 0) is 6.54 Å². The average Bonchev–Trinajstić information content (AvgIpc) is 3.03. The van der Waals surface area contributed by atoms with Crippen LogP contribution in [0.5, 0.6) is 0 Å². The summed E-state index contributed by atoms with van der Waals surface area (Å²) in [6.45, 7) is 4.70. The Bertz CT molecular complexity index is 586. The summed E-state index contributed by atoms with van der Waals surface area (Å²) in [4.78, 5) is 6.73. The molecular formula is C15H21N3O. The molecule has 0 atom stereocenters. The van der Waals surface area contributed by atoms with E-state index in [1.807, 2.05) is 13.0 Å². The van der Waals surface area contributed by atoms with Crippen molar-refractivity contribution in [1.82, 2.24) is 9.88 Å². The first kappa shape index (κ1) is 12.6. The second-order valence-corrected chi connectivity index (χ2v) is 5.91. The summed E-state index contributed by atoms with van der Waals surface area (Å²) in [6.07, 6.45) is 2.55. The van der Waals surface area contributed by atoms with Gasteiger partial charge in [0.05, 0.1) is 0 Å². The monoisotopic (exact) mass is 259 g/mol. The number of aromatic nitrogens is 1. The summed E-state index contributed by atoms with van der Waals surface area (Å²) in [5, 5.41) is 0. The number of nitrogens with two attached hydrogens (primary N) is 1. The summed E-state index contributed by atoms with van der Waals surface area (Å²) in [7, 11) is 2.16. The number of fused-ring (bicyclic) bond motifs is 1. The molecule has 0 aliphatic heterocycles. The topological polar surface area (TPSA) is 55.3 Å². The van der Waals surface area contributed by atoms with Crippen LogP contribution in [0, 0.1) is 12.3 Å². The van der Waals surface area contributed by atoms with E-state index in [1.54, 1.807) is 0 Å². The summed E-state index contributed by atoms with van der Waals surface area (Å²) in [5.41, 5.74) is 9.32. The smallest absolute Gasteiger partial charge is 0.192 e. The Hall–Kier alpha value is -1.39. The van der Waals surface area contributed by atoms with Gasteiger partial charge in [-0.2, -0.15) is 0 Å². The van der Waals surface area contributed by atoms with Gasteiger partial charge in [0.25, 0.3) is 0 Å². The lowest BCUT2D eigenvalue weighted by Gasteiger charge is -2.22. The molecule has 1 fully saturated rings. The predicted molar refractivity (Wildman–Crippen MR) is 75.8 cm³/mol. The van der Waals surface area contributed by atoms with E-state index in [0.29, 0.717) is 5.41 Å². The molecular weight excluding hydrogens is 238 g/mol. The Balaban J connectivity index is 1.70. The van der Waals surface area contributed by atoms with E-state index < -0.39 is 0 Å². The first-order chi connectivity index (χ1) is 9.10. The summed E-state index contributed by atoms with van der Waals surface area (Å²) >= 11 is 0. The minimum Gasteiger partial charge on any atom is -0.441 e. The largest absolute Gasteiger partial charge is 0.441 e. The Morgan fingerprint density at radius 1 is 1.42 bits per heavy atom. The van der Waals surface area contributed by atoms with Crippen molar-refractivity contribution in [2.75, 3.05) is 20.1 Å². The molecule has 1 heterocycles. The molecule has 0 radical (unpaired) electrons.